The molecule has 0 atom stereocenters. The van der Waals surface area contributed by atoms with Crippen molar-refractivity contribution in [2.75, 3.05) is 33.2 Å². The largest absolute Gasteiger partial charge is 0.357 e. The van der Waals surface area contributed by atoms with Gasteiger partial charge in [-0.15, -0.1) is 24.0 Å². The number of hydrogen-bond acceptors (Lipinski definition) is 5. The van der Waals surface area contributed by atoms with Crippen LogP contribution >= 0.6 is 24.0 Å². The number of nitrogens with zero attached hydrogens (tertiary/aromatic N) is 3. The van der Waals surface area contributed by atoms with Gasteiger partial charge >= 0.3 is 0 Å². The molecule has 0 spiro atoms. The fraction of sp³-hybridized carbons (Fsp3) is 0.588. The van der Waals surface area contributed by atoms with E-state index in [1.807, 2.05) is 27.7 Å². The molecule has 0 aliphatic rings. The molecule has 1 amide bonds. The number of carbonyl (C=O) groups excluding carboxylic acids is 1. The summed E-state index contributed by atoms with van der Waals surface area (Å²) in [6.45, 7) is 8.80. The second-order valence-electron chi connectivity index (χ2n) is 6.98. The number of likely N-dealkylation sites (N-methyl/N-ethyl adjacent to an activating group) is 1. The summed E-state index contributed by atoms with van der Waals surface area (Å²) in [6.07, 6.45) is 2.80. The first-order valence-corrected chi connectivity index (χ1v) is 10.2. The van der Waals surface area contributed by atoms with Crippen LogP contribution in [0.15, 0.2) is 34.4 Å². The molecule has 0 aliphatic heterocycles. The highest BCUT2D eigenvalue weighted by atomic mass is 127. The SMILES string of the molecule is CCNC(=NCCNS(=O)(=O)c1cccnc1)N(C)CC(=O)NC(C)(C)C.I. The number of aliphatic imine (C=N–C) groups is 1. The molecular formula is C17H31IN6O3S. The number of carbonyl (C=O) groups is 1. The van der Waals surface area contributed by atoms with Crippen molar-refractivity contribution in [1.29, 1.82) is 0 Å². The van der Waals surface area contributed by atoms with Gasteiger partial charge in [0, 0.05) is 38.1 Å². The van der Waals surface area contributed by atoms with E-state index in [1.54, 1.807) is 18.0 Å². The molecule has 0 saturated carbocycles. The molecular weight excluding hydrogens is 495 g/mol. The second kappa shape index (κ2) is 12.2. The van der Waals surface area contributed by atoms with Crippen molar-refractivity contribution >= 4 is 45.9 Å². The summed E-state index contributed by atoms with van der Waals surface area (Å²) in [5.74, 6) is 0.412. The summed E-state index contributed by atoms with van der Waals surface area (Å²) in [5, 5.41) is 5.98. The number of aromatic nitrogens is 1. The first kappa shape index (κ1) is 26.5. The van der Waals surface area contributed by atoms with Crippen molar-refractivity contribution in [2.24, 2.45) is 4.99 Å². The minimum absolute atomic E-state index is 0. The van der Waals surface area contributed by atoms with Gasteiger partial charge in [0.2, 0.25) is 15.9 Å². The monoisotopic (exact) mass is 526 g/mol. The number of guanidine groups is 1. The second-order valence-corrected chi connectivity index (χ2v) is 8.74. The van der Waals surface area contributed by atoms with E-state index in [9.17, 15) is 13.2 Å². The number of rotatable bonds is 8. The number of nitrogens with one attached hydrogen (secondary N) is 3. The van der Waals surface area contributed by atoms with E-state index in [2.05, 4.69) is 25.3 Å². The van der Waals surface area contributed by atoms with Crippen LogP contribution in [0.2, 0.25) is 0 Å². The predicted molar refractivity (Wildman–Crippen MR) is 121 cm³/mol. The van der Waals surface area contributed by atoms with Gasteiger partial charge in [0.15, 0.2) is 5.96 Å². The lowest BCUT2D eigenvalue weighted by Gasteiger charge is -2.25. The highest BCUT2D eigenvalue weighted by molar-refractivity contribution is 14.0. The lowest BCUT2D eigenvalue weighted by molar-refractivity contribution is -0.122. The van der Waals surface area contributed by atoms with Gasteiger partial charge in [0.1, 0.15) is 4.90 Å². The highest BCUT2D eigenvalue weighted by Crippen LogP contribution is 2.04. The van der Waals surface area contributed by atoms with Gasteiger partial charge in [0.25, 0.3) is 0 Å². The Balaban J connectivity index is 0.00000729. The zero-order valence-corrected chi connectivity index (χ0v) is 20.2. The average Bonchev–Trinajstić information content (AvgIpc) is 2.56. The standard InChI is InChI=1S/C17H30N6O3S.HI/c1-6-19-16(23(5)13-15(24)22-17(2,3)4)20-10-11-21-27(25,26)14-8-7-9-18-12-14;/h7-9,12,21H,6,10-11,13H2,1-5H3,(H,19,20)(H,22,24);1H. The van der Waals surface area contributed by atoms with Crippen LogP contribution in [0.5, 0.6) is 0 Å². The van der Waals surface area contributed by atoms with Crippen LogP contribution in [-0.4, -0.2) is 68.9 Å². The maximum atomic E-state index is 12.1. The molecule has 0 bridgehead atoms. The Morgan fingerprint density at radius 1 is 1.32 bits per heavy atom. The van der Waals surface area contributed by atoms with Crippen molar-refractivity contribution in [3.05, 3.63) is 24.5 Å². The molecule has 1 rings (SSSR count). The Labute approximate surface area is 184 Å². The molecule has 1 aromatic heterocycles. The molecule has 0 radical (unpaired) electrons. The summed E-state index contributed by atoms with van der Waals surface area (Å²) >= 11 is 0. The number of hydrogen-bond donors (Lipinski definition) is 3. The van der Waals surface area contributed by atoms with Gasteiger partial charge in [0.05, 0.1) is 13.1 Å². The first-order chi connectivity index (χ1) is 12.5. The predicted octanol–water partition coefficient (Wildman–Crippen LogP) is 0.790. The van der Waals surface area contributed by atoms with E-state index in [-0.39, 0.29) is 60.0 Å². The number of halogens is 1. The van der Waals surface area contributed by atoms with Gasteiger partial charge < -0.3 is 15.5 Å². The molecule has 9 nitrogen and oxygen atoms in total. The molecule has 28 heavy (non-hydrogen) atoms. The number of pyridine rings is 1. The van der Waals surface area contributed by atoms with Crippen molar-refractivity contribution < 1.29 is 13.2 Å². The zero-order chi connectivity index (χ0) is 20.5. The molecule has 1 aromatic rings. The van der Waals surface area contributed by atoms with Crippen LogP contribution in [0.4, 0.5) is 0 Å². The van der Waals surface area contributed by atoms with Crippen LogP contribution in [0.25, 0.3) is 0 Å². The molecule has 0 fully saturated rings. The van der Waals surface area contributed by atoms with Crippen LogP contribution in [0.3, 0.4) is 0 Å². The molecule has 11 heteroatoms. The average molecular weight is 526 g/mol. The number of amides is 1. The van der Waals surface area contributed by atoms with Crippen LogP contribution in [0, 0.1) is 0 Å². The quantitative estimate of drug-likeness (QED) is 0.200. The molecule has 0 aliphatic carbocycles. The third-order valence-electron chi connectivity index (χ3n) is 3.20. The summed E-state index contributed by atoms with van der Waals surface area (Å²) in [7, 11) is -1.86. The molecule has 160 valence electrons. The zero-order valence-electron chi connectivity index (χ0n) is 17.0. The Hall–Kier alpha value is -1.47. The summed E-state index contributed by atoms with van der Waals surface area (Å²) in [5.41, 5.74) is -0.308. The van der Waals surface area contributed by atoms with E-state index < -0.39 is 10.0 Å². The minimum atomic E-state index is -3.61. The van der Waals surface area contributed by atoms with Crippen LogP contribution in [-0.2, 0) is 14.8 Å². The smallest absolute Gasteiger partial charge is 0.242 e. The Morgan fingerprint density at radius 2 is 2.00 bits per heavy atom. The van der Waals surface area contributed by atoms with Crippen molar-refractivity contribution in [2.45, 2.75) is 38.1 Å². The third-order valence-corrected chi connectivity index (χ3v) is 4.65. The fourth-order valence-electron chi connectivity index (χ4n) is 2.15. The maximum Gasteiger partial charge on any atom is 0.242 e. The van der Waals surface area contributed by atoms with E-state index >= 15 is 0 Å². The maximum absolute atomic E-state index is 12.1. The van der Waals surface area contributed by atoms with Crippen LogP contribution in [0.1, 0.15) is 27.7 Å². The molecule has 0 saturated heterocycles. The highest BCUT2D eigenvalue weighted by Gasteiger charge is 2.17. The topological polar surface area (TPSA) is 116 Å². The Kier molecular flexibility index (Phi) is 11.5. The van der Waals surface area contributed by atoms with E-state index in [0.29, 0.717) is 12.5 Å². The first-order valence-electron chi connectivity index (χ1n) is 8.75. The molecule has 1 heterocycles. The lowest BCUT2D eigenvalue weighted by Crippen LogP contribution is -2.48. The summed E-state index contributed by atoms with van der Waals surface area (Å²) in [4.78, 5) is 22.0. The third kappa shape index (κ3) is 10.2. The van der Waals surface area contributed by atoms with Gasteiger partial charge in [-0.05, 0) is 39.8 Å². The molecule has 3 N–H and O–H groups in total. The normalized spacial score (nSPS) is 12.1. The molecule has 0 unspecified atom stereocenters. The number of sulfonamides is 1. The van der Waals surface area contributed by atoms with Crippen LogP contribution < -0.4 is 15.4 Å². The van der Waals surface area contributed by atoms with E-state index in [1.165, 1.54) is 18.5 Å². The van der Waals surface area contributed by atoms with Gasteiger partial charge in [-0.3, -0.25) is 14.8 Å². The van der Waals surface area contributed by atoms with E-state index in [0.717, 1.165) is 0 Å². The van der Waals surface area contributed by atoms with Gasteiger partial charge in [-0.1, -0.05) is 0 Å². The lowest BCUT2D eigenvalue weighted by atomic mass is 10.1. The minimum Gasteiger partial charge on any atom is -0.357 e. The molecule has 0 aromatic carbocycles. The fourth-order valence-corrected chi connectivity index (χ4v) is 3.13. The summed E-state index contributed by atoms with van der Waals surface area (Å²) in [6, 6.07) is 3.04. The Bertz CT molecular complexity index is 735. The van der Waals surface area contributed by atoms with Crippen molar-refractivity contribution in [3.63, 3.8) is 0 Å². The van der Waals surface area contributed by atoms with E-state index in [4.69, 9.17) is 0 Å². The van der Waals surface area contributed by atoms with Crippen molar-refractivity contribution in [1.82, 2.24) is 25.2 Å². The van der Waals surface area contributed by atoms with Crippen molar-refractivity contribution in [3.8, 4) is 0 Å². The summed E-state index contributed by atoms with van der Waals surface area (Å²) < 4.78 is 26.8. The van der Waals surface area contributed by atoms with Gasteiger partial charge in [-0.2, -0.15) is 0 Å². The Morgan fingerprint density at radius 3 is 2.54 bits per heavy atom. The van der Waals surface area contributed by atoms with Gasteiger partial charge in [-0.25, -0.2) is 13.1 Å².